The highest BCUT2D eigenvalue weighted by molar-refractivity contribution is 5.95. The van der Waals surface area contributed by atoms with Gasteiger partial charge in [0.25, 0.3) is 0 Å². The summed E-state index contributed by atoms with van der Waals surface area (Å²) >= 11 is 0. The van der Waals surface area contributed by atoms with Gasteiger partial charge < -0.3 is 4.90 Å². The van der Waals surface area contributed by atoms with E-state index < -0.39 is 0 Å². The van der Waals surface area contributed by atoms with E-state index in [9.17, 15) is 4.79 Å². The molecular formula is C23H27N3O. The van der Waals surface area contributed by atoms with E-state index in [1.165, 1.54) is 11.1 Å². The second-order valence-corrected chi connectivity index (χ2v) is 7.47. The molecule has 4 nitrogen and oxygen atoms in total. The van der Waals surface area contributed by atoms with Crippen molar-refractivity contribution in [1.82, 2.24) is 4.90 Å². The number of hydrogen-bond acceptors (Lipinski definition) is 3. The maximum atomic E-state index is 13.1. The lowest BCUT2D eigenvalue weighted by Crippen LogP contribution is -2.40. The summed E-state index contributed by atoms with van der Waals surface area (Å²) in [5.74, 6) is 0.0436. The van der Waals surface area contributed by atoms with E-state index in [2.05, 4.69) is 41.3 Å². The molecule has 27 heavy (non-hydrogen) atoms. The highest BCUT2D eigenvalue weighted by Gasteiger charge is 2.28. The van der Waals surface area contributed by atoms with Crippen LogP contribution in [0.2, 0.25) is 0 Å². The molecule has 0 radical (unpaired) electrons. The largest absolute Gasteiger partial charge is 0.310 e. The maximum Gasteiger partial charge on any atom is 0.241 e. The van der Waals surface area contributed by atoms with Gasteiger partial charge in [-0.15, -0.1) is 0 Å². The number of rotatable bonds is 6. The second-order valence-electron chi connectivity index (χ2n) is 7.47. The minimum absolute atomic E-state index is 0.0436. The fraction of sp³-hybridized carbons (Fsp3) is 0.391. The van der Waals surface area contributed by atoms with Crippen LogP contribution in [0.15, 0.2) is 42.5 Å². The van der Waals surface area contributed by atoms with E-state index in [1.807, 2.05) is 33.0 Å². The average Bonchev–Trinajstić information content (AvgIpc) is 3.05. The van der Waals surface area contributed by atoms with Crippen molar-refractivity contribution < 1.29 is 4.79 Å². The van der Waals surface area contributed by atoms with Crippen molar-refractivity contribution in [3.63, 3.8) is 0 Å². The Balaban J connectivity index is 1.77. The quantitative estimate of drug-likeness (QED) is 0.776. The van der Waals surface area contributed by atoms with E-state index in [0.29, 0.717) is 19.5 Å². The summed E-state index contributed by atoms with van der Waals surface area (Å²) in [4.78, 5) is 17.0. The molecule has 3 rings (SSSR count). The van der Waals surface area contributed by atoms with Crippen LogP contribution in [-0.4, -0.2) is 30.9 Å². The molecule has 0 aliphatic heterocycles. The Hall–Kier alpha value is -2.64. The Morgan fingerprint density at radius 1 is 1.19 bits per heavy atom. The molecule has 1 atom stereocenters. The summed E-state index contributed by atoms with van der Waals surface area (Å²) in [5.41, 5.74) is 5.85. The van der Waals surface area contributed by atoms with Crippen molar-refractivity contribution >= 4 is 11.6 Å². The normalized spacial score (nSPS) is 15.4. The van der Waals surface area contributed by atoms with Gasteiger partial charge in [-0.2, -0.15) is 5.26 Å². The Morgan fingerprint density at radius 3 is 2.59 bits per heavy atom. The SMILES string of the molecule is Cc1cc(C)cc(N(CCC#N)C(=O)CN(C)C2CCc3ccccc32)c1. The highest BCUT2D eigenvalue weighted by Crippen LogP contribution is 2.34. The molecule has 0 fully saturated rings. The van der Waals surface area contributed by atoms with Crippen molar-refractivity contribution in [2.24, 2.45) is 0 Å². The first-order valence-electron chi connectivity index (χ1n) is 9.53. The van der Waals surface area contributed by atoms with E-state index in [-0.39, 0.29) is 11.9 Å². The molecule has 0 saturated heterocycles. The maximum absolute atomic E-state index is 13.1. The summed E-state index contributed by atoms with van der Waals surface area (Å²) in [5, 5.41) is 9.02. The van der Waals surface area contributed by atoms with E-state index in [1.54, 1.807) is 4.90 Å². The van der Waals surface area contributed by atoms with Gasteiger partial charge in [-0.25, -0.2) is 0 Å². The number of fused-ring (bicyclic) bond motifs is 1. The molecule has 0 saturated carbocycles. The fourth-order valence-corrected chi connectivity index (χ4v) is 4.07. The van der Waals surface area contributed by atoms with Gasteiger partial charge in [-0.05, 0) is 68.1 Å². The predicted molar refractivity (Wildman–Crippen MR) is 109 cm³/mol. The molecule has 0 aromatic heterocycles. The Kier molecular flexibility index (Phi) is 5.93. The third-order valence-electron chi connectivity index (χ3n) is 5.28. The fourth-order valence-electron chi connectivity index (χ4n) is 4.07. The lowest BCUT2D eigenvalue weighted by Gasteiger charge is -2.29. The molecule has 4 heteroatoms. The zero-order chi connectivity index (χ0) is 19.4. The van der Waals surface area contributed by atoms with Crippen molar-refractivity contribution in [2.45, 2.75) is 39.2 Å². The summed E-state index contributed by atoms with van der Waals surface area (Å²) in [6.07, 6.45) is 2.44. The van der Waals surface area contributed by atoms with Gasteiger partial charge in [-0.3, -0.25) is 9.69 Å². The van der Waals surface area contributed by atoms with Gasteiger partial charge in [0.15, 0.2) is 0 Å². The van der Waals surface area contributed by atoms with Crippen LogP contribution in [0.5, 0.6) is 0 Å². The first kappa shape index (κ1) is 19.1. The van der Waals surface area contributed by atoms with Crippen LogP contribution < -0.4 is 4.90 Å². The molecule has 140 valence electrons. The van der Waals surface area contributed by atoms with Crippen LogP contribution in [0.3, 0.4) is 0 Å². The van der Waals surface area contributed by atoms with Crippen molar-refractivity contribution in [3.05, 3.63) is 64.7 Å². The molecule has 0 spiro atoms. The highest BCUT2D eigenvalue weighted by atomic mass is 16.2. The van der Waals surface area contributed by atoms with Gasteiger partial charge in [0, 0.05) is 18.3 Å². The van der Waals surface area contributed by atoms with E-state index in [0.717, 1.165) is 29.7 Å². The predicted octanol–water partition coefficient (Wildman–Crippen LogP) is 4.17. The van der Waals surface area contributed by atoms with Crippen molar-refractivity contribution in [3.8, 4) is 6.07 Å². The van der Waals surface area contributed by atoms with Gasteiger partial charge in [0.2, 0.25) is 5.91 Å². The minimum Gasteiger partial charge on any atom is -0.310 e. The van der Waals surface area contributed by atoms with Crippen LogP contribution in [0.25, 0.3) is 0 Å². The second kappa shape index (κ2) is 8.37. The summed E-state index contributed by atoms with van der Waals surface area (Å²) in [6.45, 7) is 4.83. The Morgan fingerprint density at radius 2 is 1.89 bits per heavy atom. The van der Waals surface area contributed by atoms with E-state index >= 15 is 0 Å². The summed E-state index contributed by atoms with van der Waals surface area (Å²) < 4.78 is 0. The lowest BCUT2D eigenvalue weighted by atomic mass is 10.1. The van der Waals surface area contributed by atoms with Crippen molar-refractivity contribution in [2.75, 3.05) is 25.0 Å². The number of nitriles is 1. The van der Waals surface area contributed by atoms with Gasteiger partial charge >= 0.3 is 0 Å². The van der Waals surface area contributed by atoms with Crippen LogP contribution in [0.4, 0.5) is 5.69 Å². The smallest absolute Gasteiger partial charge is 0.241 e. The van der Waals surface area contributed by atoms with Crippen LogP contribution in [0.1, 0.15) is 41.1 Å². The Bertz CT molecular complexity index is 848. The minimum atomic E-state index is 0.0436. The number of hydrogen-bond donors (Lipinski definition) is 0. The standard InChI is InChI=1S/C23H27N3O/c1-17-13-18(2)15-20(14-17)26(12-6-11-24)23(27)16-25(3)22-10-9-19-7-4-5-8-21(19)22/h4-5,7-8,13-15,22H,6,9-10,12,16H2,1-3H3. The van der Waals surface area contributed by atoms with Gasteiger partial charge in [-0.1, -0.05) is 30.3 Å². The van der Waals surface area contributed by atoms with Gasteiger partial charge in [0.05, 0.1) is 19.0 Å². The molecule has 1 unspecified atom stereocenters. The number of likely N-dealkylation sites (N-methyl/N-ethyl adjacent to an activating group) is 1. The first-order valence-corrected chi connectivity index (χ1v) is 9.53. The van der Waals surface area contributed by atoms with Gasteiger partial charge in [0.1, 0.15) is 0 Å². The molecule has 2 aromatic carbocycles. The number of aryl methyl sites for hydroxylation is 3. The number of benzene rings is 2. The van der Waals surface area contributed by atoms with Crippen LogP contribution in [-0.2, 0) is 11.2 Å². The molecule has 1 amide bonds. The average molecular weight is 361 g/mol. The number of nitrogens with zero attached hydrogens (tertiary/aromatic N) is 3. The zero-order valence-electron chi connectivity index (χ0n) is 16.4. The first-order chi connectivity index (χ1) is 13.0. The van der Waals surface area contributed by atoms with Crippen LogP contribution in [0, 0.1) is 25.2 Å². The number of carbonyl (C=O) groups excluding carboxylic acids is 1. The lowest BCUT2D eigenvalue weighted by molar-refractivity contribution is -0.120. The number of carbonyl (C=O) groups is 1. The molecular weight excluding hydrogens is 334 g/mol. The monoisotopic (exact) mass is 361 g/mol. The molecule has 0 bridgehead atoms. The molecule has 2 aromatic rings. The third-order valence-corrected chi connectivity index (χ3v) is 5.28. The van der Waals surface area contributed by atoms with Crippen molar-refractivity contribution in [1.29, 1.82) is 5.26 Å². The Labute approximate surface area is 162 Å². The zero-order valence-corrected chi connectivity index (χ0v) is 16.4. The molecule has 0 N–H and O–H groups in total. The summed E-state index contributed by atoms with van der Waals surface area (Å²) in [7, 11) is 2.02. The number of amides is 1. The molecule has 0 heterocycles. The molecule has 1 aliphatic carbocycles. The third kappa shape index (κ3) is 4.37. The summed E-state index contributed by atoms with van der Waals surface area (Å²) in [6, 6.07) is 17.1. The number of anilines is 1. The van der Waals surface area contributed by atoms with Crippen LogP contribution >= 0.6 is 0 Å². The topological polar surface area (TPSA) is 47.3 Å². The van der Waals surface area contributed by atoms with E-state index in [4.69, 9.17) is 5.26 Å². The molecule has 1 aliphatic rings.